The second-order valence-corrected chi connectivity index (χ2v) is 3.05. The first-order valence-corrected chi connectivity index (χ1v) is 3.96. The minimum atomic E-state index is -0.512. The van der Waals surface area contributed by atoms with Crippen LogP contribution in [0.3, 0.4) is 0 Å². The molecule has 0 aliphatic carbocycles. The Morgan fingerprint density at radius 3 is 3.08 bits per heavy atom. The van der Waals surface area contributed by atoms with Crippen LogP contribution in [-0.2, 0) is 9.47 Å². The van der Waals surface area contributed by atoms with Crippen LogP contribution in [0.2, 0.25) is 0 Å². The molecule has 0 aromatic carbocycles. The molecule has 3 atom stereocenters. The van der Waals surface area contributed by atoms with Gasteiger partial charge in [0.1, 0.15) is 6.07 Å². The zero-order valence-electron chi connectivity index (χ0n) is 6.98. The third kappa shape index (κ3) is 1.20. The summed E-state index contributed by atoms with van der Waals surface area (Å²) < 4.78 is 10.1. The number of carbonyl (C=O) groups excluding carboxylic acids is 1. The van der Waals surface area contributed by atoms with E-state index >= 15 is 0 Å². The summed E-state index contributed by atoms with van der Waals surface area (Å²) >= 11 is 0. The van der Waals surface area contributed by atoms with Crippen molar-refractivity contribution < 1.29 is 14.3 Å². The van der Waals surface area contributed by atoms with Crippen LogP contribution in [0, 0.1) is 17.2 Å². The van der Waals surface area contributed by atoms with Crippen molar-refractivity contribution in [1.82, 2.24) is 5.32 Å². The third-order valence-corrected chi connectivity index (χ3v) is 2.10. The number of nitriles is 1. The lowest BCUT2D eigenvalue weighted by atomic mass is 10.0. The molecular formula is C8H8N2O3. The number of carbonyl (C=O) groups is 1. The molecule has 1 N–H and O–H groups in total. The van der Waals surface area contributed by atoms with Gasteiger partial charge in [0.2, 0.25) is 6.23 Å². The smallest absolute Gasteiger partial charge is 0.410 e. The maximum atomic E-state index is 10.8. The van der Waals surface area contributed by atoms with E-state index in [2.05, 4.69) is 5.32 Å². The van der Waals surface area contributed by atoms with E-state index in [1.54, 1.807) is 6.08 Å². The number of amides is 1. The van der Waals surface area contributed by atoms with Crippen molar-refractivity contribution in [2.75, 3.05) is 0 Å². The van der Waals surface area contributed by atoms with E-state index < -0.39 is 12.3 Å². The number of hydrogen-bond acceptors (Lipinski definition) is 4. The predicted octanol–water partition coefficient (Wildman–Crippen LogP) is 0.495. The number of hydrogen-bond donors (Lipinski definition) is 1. The van der Waals surface area contributed by atoms with Crippen LogP contribution in [-0.4, -0.2) is 18.4 Å². The Morgan fingerprint density at radius 2 is 2.38 bits per heavy atom. The largest absolute Gasteiger partial charge is 0.457 e. The molecule has 13 heavy (non-hydrogen) atoms. The average Bonchev–Trinajstić information content (AvgIpc) is 2.46. The van der Waals surface area contributed by atoms with Crippen molar-refractivity contribution >= 4 is 6.09 Å². The van der Waals surface area contributed by atoms with Gasteiger partial charge in [-0.2, -0.15) is 5.26 Å². The number of fused-ring (bicyclic) bond motifs is 1. The molecule has 2 aliphatic rings. The molecule has 5 heteroatoms. The third-order valence-electron chi connectivity index (χ3n) is 2.10. The van der Waals surface area contributed by atoms with Crippen molar-refractivity contribution in [2.24, 2.45) is 5.92 Å². The molecule has 1 fully saturated rings. The van der Waals surface area contributed by atoms with E-state index in [4.69, 9.17) is 14.7 Å². The van der Waals surface area contributed by atoms with Crippen LogP contribution in [0.1, 0.15) is 6.92 Å². The van der Waals surface area contributed by atoms with Crippen molar-refractivity contribution in [3.05, 3.63) is 11.8 Å². The van der Waals surface area contributed by atoms with Gasteiger partial charge in [-0.3, -0.25) is 5.32 Å². The van der Waals surface area contributed by atoms with Crippen molar-refractivity contribution in [3.8, 4) is 6.07 Å². The lowest BCUT2D eigenvalue weighted by Gasteiger charge is -2.25. The SMILES string of the molecule is C[C@@H]1C=C(C#N)O[C@@H]2NC(=O)O[C@H]12. The molecule has 0 radical (unpaired) electrons. The van der Waals surface area contributed by atoms with E-state index in [-0.39, 0.29) is 17.8 Å². The molecule has 0 aromatic heterocycles. The molecule has 0 aromatic rings. The number of ether oxygens (including phenoxy) is 2. The lowest BCUT2D eigenvalue weighted by Crippen LogP contribution is -2.39. The van der Waals surface area contributed by atoms with Crippen molar-refractivity contribution in [3.63, 3.8) is 0 Å². The predicted molar refractivity (Wildman–Crippen MR) is 41.1 cm³/mol. The number of nitrogens with zero attached hydrogens (tertiary/aromatic N) is 1. The molecule has 2 rings (SSSR count). The fourth-order valence-corrected chi connectivity index (χ4v) is 1.47. The van der Waals surface area contributed by atoms with Gasteiger partial charge in [0.15, 0.2) is 11.9 Å². The zero-order valence-corrected chi connectivity index (χ0v) is 6.98. The van der Waals surface area contributed by atoms with Gasteiger partial charge in [-0.15, -0.1) is 0 Å². The van der Waals surface area contributed by atoms with Crippen LogP contribution in [0.5, 0.6) is 0 Å². The van der Waals surface area contributed by atoms with E-state index in [0.29, 0.717) is 0 Å². The standard InChI is InChI=1S/C8H8N2O3/c1-4-2-5(3-9)12-7-6(4)13-8(11)10-7/h2,4,6-7H,1H3,(H,10,11)/t4-,6-,7+/m1/s1. The summed E-state index contributed by atoms with van der Waals surface area (Å²) in [6.07, 6.45) is 0.336. The molecule has 0 unspecified atom stereocenters. The monoisotopic (exact) mass is 180 g/mol. The van der Waals surface area contributed by atoms with Gasteiger partial charge >= 0.3 is 6.09 Å². The quantitative estimate of drug-likeness (QED) is 0.589. The van der Waals surface area contributed by atoms with E-state index in [1.165, 1.54) is 0 Å². The summed E-state index contributed by atoms with van der Waals surface area (Å²) in [5.41, 5.74) is 0. The summed E-state index contributed by atoms with van der Waals surface area (Å²) in [6.45, 7) is 1.87. The Bertz CT molecular complexity index is 318. The van der Waals surface area contributed by atoms with E-state index in [9.17, 15) is 4.79 Å². The highest BCUT2D eigenvalue weighted by Crippen LogP contribution is 2.26. The Hall–Kier alpha value is -1.70. The van der Waals surface area contributed by atoms with Gasteiger partial charge in [-0.1, -0.05) is 6.92 Å². The summed E-state index contributed by atoms with van der Waals surface area (Å²) in [4.78, 5) is 10.8. The molecule has 0 bridgehead atoms. The van der Waals surface area contributed by atoms with Crippen LogP contribution >= 0.6 is 0 Å². The first kappa shape index (κ1) is 7.92. The zero-order chi connectivity index (χ0) is 9.42. The molecule has 0 saturated carbocycles. The molecule has 0 spiro atoms. The maximum absolute atomic E-state index is 10.8. The Labute approximate surface area is 74.9 Å². The highest BCUT2D eigenvalue weighted by atomic mass is 16.6. The van der Waals surface area contributed by atoms with Crippen LogP contribution in [0.15, 0.2) is 11.8 Å². The van der Waals surface area contributed by atoms with Gasteiger partial charge in [-0.05, 0) is 6.08 Å². The number of nitrogens with one attached hydrogen (secondary N) is 1. The summed E-state index contributed by atoms with van der Waals surface area (Å²) in [5.74, 6) is 0.242. The van der Waals surface area contributed by atoms with Gasteiger partial charge < -0.3 is 9.47 Å². The number of alkyl carbamates (subject to hydrolysis) is 1. The molecule has 1 saturated heterocycles. The summed E-state index contributed by atoms with van der Waals surface area (Å²) in [7, 11) is 0. The van der Waals surface area contributed by atoms with E-state index in [1.807, 2.05) is 13.0 Å². The summed E-state index contributed by atoms with van der Waals surface area (Å²) in [6, 6.07) is 1.89. The minimum Gasteiger partial charge on any atom is -0.457 e. The second kappa shape index (κ2) is 2.66. The Kier molecular flexibility index (Phi) is 1.62. The molecule has 5 nitrogen and oxygen atoms in total. The maximum Gasteiger partial charge on any atom is 0.410 e. The Morgan fingerprint density at radius 1 is 1.62 bits per heavy atom. The van der Waals surface area contributed by atoms with Gasteiger partial charge in [0, 0.05) is 5.92 Å². The first-order chi connectivity index (χ1) is 6.20. The molecular weight excluding hydrogens is 172 g/mol. The number of rotatable bonds is 0. The first-order valence-electron chi connectivity index (χ1n) is 3.96. The molecule has 68 valence electrons. The normalized spacial score (nSPS) is 36.2. The van der Waals surface area contributed by atoms with Crippen LogP contribution < -0.4 is 5.32 Å². The molecule has 2 heterocycles. The fraction of sp³-hybridized carbons (Fsp3) is 0.500. The van der Waals surface area contributed by atoms with E-state index in [0.717, 1.165) is 0 Å². The van der Waals surface area contributed by atoms with Gasteiger partial charge in [0.25, 0.3) is 0 Å². The second-order valence-electron chi connectivity index (χ2n) is 3.05. The molecule has 1 amide bonds. The van der Waals surface area contributed by atoms with Crippen molar-refractivity contribution in [2.45, 2.75) is 19.3 Å². The fourth-order valence-electron chi connectivity index (χ4n) is 1.47. The van der Waals surface area contributed by atoms with Crippen LogP contribution in [0.25, 0.3) is 0 Å². The van der Waals surface area contributed by atoms with Gasteiger partial charge in [0.05, 0.1) is 0 Å². The van der Waals surface area contributed by atoms with Crippen LogP contribution in [0.4, 0.5) is 4.79 Å². The average molecular weight is 180 g/mol. The highest BCUT2D eigenvalue weighted by Gasteiger charge is 2.42. The summed E-state index contributed by atoms with van der Waals surface area (Å²) in [5, 5.41) is 11.1. The highest BCUT2D eigenvalue weighted by molar-refractivity contribution is 5.70. The lowest BCUT2D eigenvalue weighted by molar-refractivity contribution is 0.000405. The van der Waals surface area contributed by atoms with Gasteiger partial charge in [-0.25, -0.2) is 4.79 Å². The number of allylic oxidation sites excluding steroid dienone is 1. The topological polar surface area (TPSA) is 71.3 Å². The van der Waals surface area contributed by atoms with Crippen molar-refractivity contribution in [1.29, 1.82) is 5.26 Å². The Balaban J connectivity index is 2.22. The molecule has 2 aliphatic heterocycles. The minimum absolute atomic E-state index is 0.00681.